The molecule has 14 heavy (non-hydrogen) atoms. The quantitative estimate of drug-likeness (QED) is 0.718. The van der Waals surface area contributed by atoms with Crippen molar-refractivity contribution in [2.24, 2.45) is 0 Å². The Labute approximate surface area is 87.5 Å². The van der Waals surface area contributed by atoms with Gasteiger partial charge in [-0.15, -0.1) is 0 Å². The van der Waals surface area contributed by atoms with Gasteiger partial charge >= 0.3 is 0 Å². The zero-order valence-corrected chi connectivity index (χ0v) is 9.76. The molecule has 0 bridgehead atoms. The van der Waals surface area contributed by atoms with Crippen molar-refractivity contribution in [1.29, 1.82) is 0 Å². The van der Waals surface area contributed by atoms with Gasteiger partial charge in [0.2, 0.25) is 5.91 Å². The predicted molar refractivity (Wildman–Crippen MR) is 57.3 cm³/mol. The molecular weight excluding hydrogens is 200 g/mol. The van der Waals surface area contributed by atoms with E-state index >= 15 is 0 Å². The van der Waals surface area contributed by atoms with Gasteiger partial charge in [-0.1, -0.05) is 6.92 Å². The van der Waals surface area contributed by atoms with Crippen LogP contribution in [0.3, 0.4) is 0 Å². The van der Waals surface area contributed by atoms with Crippen LogP contribution in [0.25, 0.3) is 0 Å². The van der Waals surface area contributed by atoms with Crippen molar-refractivity contribution in [3.05, 3.63) is 0 Å². The number of nitrogens with one attached hydrogen (secondary N) is 1. The van der Waals surface area contributed by atoms with Crippen LogP contribution in [-0.2, 0) is 15.6 Å². The summed E-state index contributed by atoms with van der Waals surface area (Å²) in [5, 5.41) is 3.20. The third-order valence-electron chi connectivity index (χ3n) is 2.52. The van der Waals surface area contributed by atoms with Crippen molar-refractivity contribution < 1.29 is 9.00 Å². The maximum atomic E-state index is 11.7. The molecule has 1 fully saturated rings. The summed E-state index contributed by atoms with van der Waals surface area (Å²) in [4.78, 5) is 13.5. The molecule has 4 nitrogen and oxygen atoms in total. The molecule has 1 aliphatic heterocycles. The normalized spacial score (nSPS) is 29.6. The molecule has 0 radical (unpaired) electrons. The van der Waals surface area contributed by atoms with Crippen molar-refractivity contribution in [2.45, 2.75) is 32.5 Å². The largest absolute Gasteiger partial charge is 0.325 e. The average molecular weight is 218 g/mol. The minimum atomic E-state index is -0.826. The fraction of sp³-hybridized carbons (Fsp3) is 0.889. The van der Waals surface area contributed by atoms with E-state index in [0.717, 1.165) is 6.42 Å². The summed E-state index contributed by atoms with van der Waals surface area (Å²) in [6.45, 7) is 4.54. The maximum Gasteiger partial charge on any atom is 0.241 e. The Morgan fingerprint density at radius 1 is 1.57 bits per heavy atom. The molecule has 5 heteroatoms. The van der Waals surface area contributed by atoms with E-state index in [9.17, 15) is 9.00 Å². The molecule has 1 heterocycles. The number of hydrogen-bond donors (Lipinski definition) is 1. The van der Waals surface area contributed by atoms with Gasteiger partial charge in [0.25, 0.3) is 0 Å². The second-order valence-corrected chi connectivity index (χ2v) is 5.17. The van der Waals surface area contributed by atoms with Gasteiger partial charge in [0, 0.05) is 29.4 Å². The van der Waals surface area contributed by atoms with Crippen LogP contribution >= 0.6 is 0 Å². The molecule has 82 valence electrons. The highest BCUT2D eigenvalue weighted by atomic mass is 32.2. The van der Waals surface area contributed by atoms with Crippen LogP contribution in [0.1, 0.15) is 20.3 Å². The average Bonchev–Trinajstić information content (AvgIpc) is 2.39. The Morgan fingerprint density at radius 2 is 2.21 bits per heavy atom. The highest BCUT2D eigenvalue weighted by molar-refractivity contribution is 7.84. The summed E-state index contributed by atoms with van der Waals surface area (Å²) in [6, 6.07) is -0.0460. The first-order valence-corrected chi connectivity index (χ1v) is 6.65. The predicted octanol–water partition coefficient (Wildman–Crippen LogP) is -0.0787. The van der Waals surface area contributed by atoms with Crippen molar-refractivity contribution in [3.8, 4) is 0 Å². The van der Waals surface area contributed by atoms with Gasteiger partial charge in [-0.05, 0) is 13.3 Å². The summed E-state index contributed by atoms with van der Waals surface area (Å²) in [5.74, 6) is 0.708. The molecular formula is C9H18N2O2S. The fourth-order valence-corrected chi connectivity index (χ4v) is 2.12. The summed E-state index contributed by atoms with van der Waals surface area (Å²) < 4.78 is 10.9. The lowest BCUT2D eigenvalue weighted by atomic mass is 10.2. The van der Waals surface area contributed by atoms with Crippen LogP contribution in [0, 0.1) is 0 Å². The van der Waals surface area contributed by atoms with Crippen molar-refractivity contribution in [1.82, 2.24) is 10.2 Å². The summed E-state index contributed by atoms with van der Waals surface area (Å²) in [6.07, 6.45) is 2.56. The van der Waals surface area contributed by atoms with Gasteiger partial charge in [-0.25, -0.2) is 0 Å². The summed E-state index contributed by atoms with van der Waals surface area (Å²) in [7, 11) is -0.826. The van der Waals surface area contributed by atoms with Gasteiger partial charge in [0.1, 0.15) is 0 Å². The Bertz CT molecular complexity index is 245. The molecule has 0 saturated carbocycles. The lowest BCUT2D eigenvalue weighted by Crippen LogP contribution is -2.37. The number of amides is 1. The Morgan fingerprint density at radius 3 is 2.64 bits per heavy atom. The molecule has 0 aliphatic carbocycles. The highest BCUT2D eigenvalue weighted by Gasteiger charge is 2.34. The lowest BCUT2D eigenvalue weighted by molar-refractivity contribution is -0.129. The standard InChI is InChI=1S/C9H18N2O2S/c1-4-8-9(12)11(7(2)10-8)5-6-14(3)13/h7-8,10H,4-6H2,1-3H3. The first kappa shape index (κ1) is 11.7. The fourth-order valence-electron chi connectivity index (χ4n) is 1.67. The maximum absolute atomic E-state index is 11.7. The van der Waals surface area contributed by atoms with E-state index < -0.39 is 10.8 Å². The number of rotatable bonds is 4. The smallest absolute Gasteiger partial charge is 0.241 e. The first-order chi connectivity index (χ1) is 6.56. The molecule has 0 aromatic rings. The van der Waals surface area contributed by atoms with Crippen LogP contribution in [0.5, 0.6) is 0 Å². The number of hydrogen-bond acceptors (Lipinski definition) is 3. The van der Waals surface area contributed by atoms with Gasteiger partial charge < -0.3 is 4.90 Å². The van der Waals surface area contributed by atoms with Crippen LogP contribution < -0.4 is 5.32 Å². The van der Waals surface area contributed by atoms with E-state index in [2.05, 4.69) is 5.32 Å². The van der Waals surface area contributed by atoms with E-state index in [1.54, 1.807) is 11.2 Å². The minimum absolute atomic E-state index is 0.0460. The second-order valence-electron chi connectivity index (χ2n) is 3.61. The first-order valence-electron chi connectivity index (χ1n) is 4.92. The molecule has 3 unspecified atom stereocenters. The van der Waals surface area contributed by atoms with E-state index in [1.807, 2.05) is 13.8 Å². The number of carbonyl (C=O) groups is 1. The molecule has 1 N–H and O–H groups in total. The van der Waals surface area contributed by atoms with Gasteiger partial charge in [-0.2, -0.15) is 0 Å². The Hall–Kier alpha value is -0.420. The molecule has 1 saturated heterocycles. The van der Waals surface area contributed by atoms with Crippen LogP contribution in [0.15, 0.2) is 0 Å². The summed E-state index contributed by atoms with van der Waals surface area (Å²) in [5.41, 5.74) is 0. The number of carbonyl (C=O) groups excluding carboxylic acids is 1. The van der Waals surface area contributed by atoms with E-state index in [1.165, 1.54) is 0 Å². The SMILES string of the molecule is CCC1NC(C)N(CCS(C)=O)C1=O. The Balaban J connectivity index is 2.52. The molecule has 1 aliphatic rings. The van der Waals surface area contributed by atoms with Gasteiger partial charge in [0.05, 0.1) is 12.2 Å². The van der Waals surface area contributed by atoms with Crippen molar-refractivity contribution in [2.75, 3.05) is 18.6 Å². The minimum Gasteiger partial charge on any atom is -0.325 e. The van der Waals surface area contributed by atoms with Crippen molar-refractivity contribution in [3.63, 3.8) is 0 Å². The topological polar surface area (TPSA) is 49.4 Å². The van der Waals surface area contributed by atoms with Crippen LogP contribution in [0.4, 0.5) is 0 Å². The highest BCUT2D eigenvalue weighted by Crippen LogP contribution is 2.12. The zero-order valence-electron chi connectivity index (χ0n) is 8.95. The van der Waals surface area contributed by atoms with Crippen LogP contribution in [0.2, 0.25) is 0 Å². The van der Waals surface area contributed by atoms with Crippen molar-refractivity contribution >= 4 is 16.7 Å². The van der Waals surface area contributed by atoms with Gasteiger partial charge in [0.15, 0.2) is 0 Å². The molecule has 0 spiro atoms. The monoisotopic (exact) mass is 218 g/mol. The van der Waals surface area contributed by atoms with Gasteiger partial charge in [-0.3, -0.25) is 14.3 Å². The zero-order chi connectivity index (χ0) is 10.7. The Kier molecular flexibility index (Phi) is 4.07. The molecule has 1 amide bonds. The molecule has 1 rings (SSSR count). The third kappa shape index (κ3) is 2.54. The summed E-state index contributed by atoms with van der Waals surface area (Å²) >= 11 is 0. The third-order valence-corrected chi connectivity index (χ3v) is 3.28. The number of nitrogens with zero attached hydrogens (tertiary/aromatic N) is 1. The molecule has 3 atom stereocenters. The second kappa shape index (κ2) is 4.89. The van der Waals surface area contributed by atoms with E-state index in [-0.39, 0.29) is 18.1 Å². The lowest BCUT2D eigenvalue weighted by Gasteiger charge is -2.19. The molecule has 0 aromatic heterocycles. The van der Waals surface area contributed by atoms with E-state index in [0.29, 0.717) is 12.3 Å². The molecule has 0 aromatic carbocycles. The van der Waals surface area contributed by atoms with Crippen LogP contribution in [-0.4, -0.2) is 45.8 Å². The van der Waals surface area contributed by atoms with E-state index in [4.69, 9.17) is 0 Å².